The predicted molar refractivity (Wildman–Crippen MR) is 506 cm³/mol. The lowest BCUT2D eigenvalue weighted by atomic mass is 9.91. The van der Waals surface area contributed by atoms with Crippen molar-refractivity contribution in [2.45, 2.75) is 306 Å². The van der Waals surface area contributed by atoms with Crippen molar-refractivity contribution in [3.05, 3.63) is 76.9 Å². The molecule has 37 nitrogen and oxygen atoms in total. The summed E-state index contributed by atoms with van der Waals surface area (Å²) in [6, 6.07) is -4.26. The zero-order valence-electron chi connectivity index (χ0n) is 82.7. The summed E-state index contributed by atoms with van der Waals surface area (Å²) in [5.74, 6) is -12.2. The Kier molecular flexibility index (Phi) is 49.8. The van der Waals surface area contributed by atoms with Crippen LogP contribution in [0, 0.1) is 55.3 Å². The molecule has 1 aliphatic rings. The minimum atomic E-state index is -1.61. The van der Waals surface area contributed by atoms with Gasteiger partial charge in [0.15, 0.2) is 5.96 Å². The number of primary amides is 1. The molecule has 15 amide bonds. The maximum Gasteiger partial charge on any atom is 0.246 e. The number of aliphatic hydroxyl groups is 1. The number of hydrogen-bond donors (Lipinski definition) is 14. The third-order valence-corrected chi connectivity index (χ3v) is 23.6. The first kappa shape index (κ1) is 116. The van der Waals surface area contributed by atoms with E-state index in [-0.39, 0.29) is 99.7 Å². The summed E-state index contributed by atoms with van der Waals surface area (Å²) >= 11 is 0. The van der Waals surface area contributed by atoms with Crippen LogP contribution in [-0.4, -0.2) is 299 Å². The number of rotatable bonds is 34. The number of hydrogen-bond acceptors (Lipinski definition) is 20. The molecule has 1 heterocycles. The Morgan fingerprint density at radius 1 is 0.527 bits per heavy atom. The number of aliphatic hydroxyl groups excluding tert-OH is 1. The largest absolute Gasteiger partial charge is 0.508 e. The van der Waals surface area contributed by atoms with Crippen LogP contribution >= 0.6 is 0 Å². The van der Waals surface area contributed by atoms with Crippen molar-refractivity contribution in [3.8, 4) is 5.75 Å². The molecule has 19 N–H and O–H groups in total. The average Bonchev–Trinajstić information content (AvgIpc) is 0.791. The Morgan fingerprint density at radius 3 is 1.50 bits per heavy atom. The number of benzene rings is 2. The molecule has 0 aromatic heterocycles. The van der Waals surface area contributed by atoms with Crippen molar-refractivity contribution in [1.29, 1.82) is 0 Å². The molecular weight excluding hydrogens is 1680 g/mol. The quantitative estimate of drug-likeness (QED) is 0.0207. The maximum absolute atomic E-state index is 15.1. The van der Waals surface area contributed by atoms with E-state index in [0.29, 0.717) is 43.4 Å². The summed E-state index contributed by atoms with van der Waals surface area (Å²) < 4.78 is 0. The van der Waals surface area contributed by atoms with Gasteiger partial charge in [-0.15, -0.1) is 0 Å². The minimum absolute atomic E-state index is 0.0229. The van der Waals surface area contributed by atoms with Crippen LogP contribution in [0.2, 0.25) is 0 Å². The van der Waals surface area contributed by atoms with Crippen LogP contribution in [0.4, 0.5) is 0 Å². The van der Waals surface area contributed by atoms with Gasteiger partial charge in [-0.25, -0.2) is 0 Å². The van der Waals surface area contributed by atoms with Gasteiger partial charge < -0.3 is 110 Å². The molecule has 0 aliphatic carbocycles. The molecule has 37 heteroatoms. The van der Waals surface area contributed by atoms with Gasteiger partial charge in [0.2, 0.25) is 88.6 Å². The maximum atomic E-state index is 15.1. The van der Waals surface area contributed by atoms with Crippen LogP contribution in [0.25, 0.3) is 0 Å². The summed E-state index contributed by atoms with van der Waals surface area (Å²) in [6.45, 7) is 33.6. The second-order valence-corrected chi connectivity index (χ2v) is 37.5. The Bertz CT molecular complexity index is 4150. The number of guanidine groups is 1. The summed E-state index contributed by atoms with van der Waals surface area (Å²) in [7, 11) is 9.92. The highest BCUT2D eigenvalue weighted by Crippen LogP contribution is 2.28. The number of aliphatic imine (C=N–C) groups is 1. The fourth-order valence-corrected chi connectivity index (χ4v) is 15.7. The predicted octanol–water partition coefficient (Wildman–Crippen LogP) is 2.51. The average molecular weight is 1840 g/mol. The van der Waals surface area contributed by atoms with Gasteiger partial charge in [-0.05, 0) is 188 Å². The van der Waals surface area contributed by atoms with E-state index in [1.807, 2.05) is 91.8 Å². The van der Waals surface area contributed by atoms with Gasteiger partial charge in [-0.2, -0.15) is 0 Å². The number of nitrogens with two attached hydrogens (primary N) is 5. The molecule has 1 saturated heterocycles. The molecule has 0 bridgehead atoms. The monoisotopic (exact) mass is 1840 g/mol. The third kappa shape index (κ3) is 36.7. The molecular formula is C94H160N20O17. The first-order chi connectivity index (χ1) is 61.0. The number of allylic oxidation sites excluding steroid dienone is 2. The Morgan fingerprint density at radius 2 is 1.00 bits per heavy atom. The number of phenols is 1. The van der Waals surface area contributed by atoms with Crippen LogP contribution in [0.3, 0.4) is 0 Å². The second kappa shape index (κ2) is 56.1. The third-order valence-electron chi connectivity index (χ3n) is 23.6. The lowest BCUT2D eigenvalue weighted by Gasteiger charge is -2.41. The minimum Gasteiger partial charge on any atom is -0.508 e. The zero-order chi connectivity index (χ0) is 100. The van der Waals surface area contributed by atoms with E-state index in [1.54, 1.807) is 80.5 Å². The first-order valence-electron chi connectivity index (χ1n) is 45.9. The van der Waals surface area contributed by atoms with E-state index in [0.717, 1.165) is 20.9 Å². The van der Waals surface area contributed by atoms with Crippen LogP contribution in [0.1, 0.15) is 211 Å². The number of amides is 15. The van der Waals surface area contributed by atoms with Crippen LogP contribution in [0.15, 0.2) is 59.6 Å². The molecule has 1 fully saturated rings. The van der Waals surface area contributed by atoms with Crippen molar-refractivity contribution in [1.82, 2.24) is 71.5 Å². The van der Waals surface area contributed by atoms with Gasteiger partial charge in [0.1, 0.15) is 84.3 Å². The summed E-state index contributed by atoms with van der Waals surface area (Å²) in [4.78, 5) is 225. The molecule has 3 rings (SSSR count). The molecule has 0 spiro atoms. The summed E-state index contributed by atoms with van der Waals surface area (Å²) in [5, 5.41) is 41.3. The van der Waals surface area contributed by atoms with E-state index >= 15 is 9.59 Å². The SMILES string of the molecule is C/C=C/C[C@@H](C)[C@@H](O)[C@H]1C(=O)N[C@@H](CC)C(=O)N(C)CC(=O)N(C)[C@@H](CC(C)C)C(=O)N[C@@H](C(C)C)C(=O)N(C)[C@@H](CC(C)C)C(=O)N[C@@H](C)C(=O)N[C@H](C)C(=O)N(C)[C@@H](CC(C)C)C(=O)N(C)[C@@H](CC(C)C)C(=O)N(C)[C@@H](C(C)C)C(=O)N1C.Cc1cc(O)cc(C)c1C[C@H](NC(=O)[C@H](N)CCCN=C(N)N)C(=O)N[C@@H](CCCCN)C(=O)N[C@@H](Cc1ccccc1)C(N)=O. The molecule has 0 unspecified atom stereocenters. The molecule has 1 aliphatic heterocycles. The van der Waals surface area contributed by atoms with Crippen molar-refractivity contribution >= 4 is 94.6 Å². The Labute approximate surface area is 776 Å². The van der Waals surface area contributed by atoms with E-state index in [1.165, 1.54) is 87.7 Å². The highest BCUT2D eigenvalue weighted by Gasteiger charge is 2.47. The van der Waals surface area contributed by atoms with Gasteiger partial charge in [0.05, 0.1) is 18.7 Å². The number of carbonyl (C=O) groups excluding carboxylic acids is 15. The van der Waals surface area contributed by atoms with Crippen LogP contribution in [0.5, 0.6) is 5.75 Å². The lowest BCUT2D eigenvalue weighted by molar-refractivity contribution is -0.157. The number of likely N-dealkylation sites (N-methyl/N-ethyl adjacent to an activating group) is 7. The van der Waals surface area contributed by atoms with Gasteiger partial charge in [-0.1, -0.05) is 139 Å². The number of aromatic hydroxyl groups is 1. The number of nitrogens with zero attached hydrogens (tertiary/aromatic N) is 8. The van der Waals surface area contributed by atoms with Crippen molar-refractivity contribution in [2.75, 3.05) is 69.0 Å². The molecule has 131 heavy (non-hydrogen) atoms. The number of unbranched alkanes of at least 4 members (excludes halogenated alkanes) is 1. The summed E-state index contributed by atoms with van der Waals surface area (Å²) in [6.07, 6.45) is 5.32. The van der Waals surface area contributed by atoms with Crippen LogP contribution in [-0.2, 0) is 84.8 Å². The Balaban J connectivity index is 0.00000106. The number of carbonyl (C=O) groups is 15. The van der Waals surface area contributed by atoms with Crippen molar-refractivity contribution < 1.29 is 82.1 Å². The van der Waals surface area contributed by atoms with E-state index in [2.05, 4.69) is 42.2 Å². The van der Waals surface area contributed by atoms with E-state index < -0.39 is 204 Å². The zero-order valence-corrected chi connectivity index (χ0v) is 82.7. The van der Waals surface area contributed by atoms with Crippen LogP contribution < -0.4 is 65.9 Å². The normalized spacial score (nSPS) is 22.2. The van der Waals surface area contributed by atoms with Gasteiger partial charge >= 0.3 is 0 Å². The highest BCUT2D eigenvalue weighted by atomic mass is 16.3. The topological polar surface area (TPSA) is 546 Å². The standard InChI is InChI=1S/C62H111N11O12.C32H49N9O5/c1-25-27-28-40(15)52(75)51-56(79)65-43(26-2)58(81)67(18)33-48(74)68(19)44(29-34(3)4)55(78)66-49(38(11)12)61(84)69(20)45(30-35(5)6)54(77)63-41(16)53(76)64-42(17)57(80)70(21)46(31-36(7)8)59(82)71(22)47(32-37(9)10)60(83)72(23)50(39(13)14)62(85)73(51)24;1-19-15-22(42)16-20(2)23(19)18-27(41-29(44)24(34)11-8-14-38-32(36)37)31(46)39-25(12-6-7-13-33)30(45)40-26(28(35)43)17-21-9-4-3-5-10-21/h25,27,34-47,49-52,75H,26,28-33H2,1-24H3,(H,63,77)(H,64,76)(H,65,79)(H,66,78);3-5,9-10,15-16,24-27,42H,6-8,11-14,17-18,33-34H2,1-2H3,(H2,35,43)(H,39,46)(H,40,45)(H,41,44)(H4,36,37,38)/b27-25+;/t40-,41+,42-,43+,44+,45+,46+,47+,49+,50+,51+,52-;24-,25+,26+,27+/m11/s1. The first-order valence-corrected chi connectivity index (χ1v) is 45.9. The highest BCUT2D eigenvalue weighted by molar-refractivity contribution is 6.00. The smallest absolute Gasteiger partial charge is 0.246 e. The molecule has 0 saturated carbocycles. The van der Waals surface area contributed by atoms with Gasteiger partial charge in [0.25, 0.3) is 0 Å². The number of phenolic OH excluding ortho intramolecular Hbond substituents is 1. The lowest BCUT2D eigenvalue weighted by Crippen LogP contribution is -2.63. The molecule has 16 atom stereocenters. The fraction of sp³-hybridized carbons (Fsp3) is 0.681. The number of aryl methyl sites for hydroxylation is 2. The fourth-order valence-electron chi connectivity index (χ4n) is 15.7. The molecule has 0 radical (unpaired) electrons. The van der Waals surface area contributed by atoms with E-state index in [4.69, 9.17) is 28.7 Å². The molecule has 738 valence electrons. The van der Waals surface area contributed by atoms with E-state index in [9.17, 15) is 72.5 Å². The van der Waals surface area contributed by atoms with Crippen molar-refractivity contribution in [3.63, 3.8) is 0 Å². The van der Waals surface area contributed by atoms with Gasteiger partial charge in [-0.3, -0.25) is 76.9 Å². The molecule has 2 aromatic carbocycles. The van der Waals surface area contributed by atoms with Crippen molar-refractivity contribution in [2.24, 2.45) is 75.1 Å². The Hall–Kier alpha value is -10.8. The van der Waals surface area contributed by atoms with Gasteiger partial charge in [0, 0.05) is 68.7 Å². The number of nitrogens with one attached hydrogen (secondary N) is 7. The second-order valence-electron chi connectivity index (χ2n) is 37.5. The summed E-state index contributed by atoms with van der Waals surface area (Å²) in [5.41, 5.74) is 31.1. The molecule has 2 aromatic rings.